The Hall–Kier alpha value is -1.46. The molecule has 0 aromatic heterocycles. The Morgan fingerprint density at radius 3 is 2.93 bits per heavy atom. The summed E-state index contributed by atoms with van der Waals surface area (Å²) in [5.41, 5.74) is 2.06. The molecule has 0 aliphatic carbocycles. The Morgan fingerprint density at radius 2 is 2.27 bits per heavy atom. The minimum absolute atomic E-state index is 0.273. The molecule has 1 atom stereocenters. The molecule has 0 amide bonds. The van der Waals surface area contributed by atoms with Crippen LogP contribution >= 0.6 is 0 Å². The predicted octanol–water partition coefficient (Wildman–Crippen LogP) is 2.20. The van der Waals surface area contributed by atoms with E-state index in [0.717, 1.165) is 11.1 Å². The van der Waals surface area contributed by atoms with E-state index in [1.165, 1.54) is 0 Å². The topological polar surface area (TPSA) is 32.3 Å². The predicted molar refractivity (Wildman–Crippen MR) is 62.6 cm³/mol. The van der Waals surface area contributed by atoms with Crippen LogP contribution < -0.4 is 5.32 Å². The van der Waals surface area contributed by atoms with Gasteiger partial charge in [0.15, 0.2) is 0 Å². The lowest BCUT2D eigenvalue weighted by atomic mass is 10.1. The van der Waals surface area contributed by atoms with Crippen LogP contribution in [0.3, 0.4) is 0 Å². The number of rotatable bonds is 4. The van der Waals surface area contributed by atoms with Crippen molar-refractivity contribution >= 4 is 0 Å². The summed E-state index contributed by atoms with van der Waals surface area (Å²) >= 11 is 0. The lowest BCUT2D eigenvalue weighted by Gasteiger charge is -2.12. The summed E-state index contributed by atoms with van der Waals surface area (Å²) in [5, 5.41) is 12.9. The monoisotopic (exact) mass is 203 g/mol. The molecule has 1 aromatic rings. The van der Waals surface area contributed by atoms with Crippen molar-refractivity contribution in [3.8, 4) is 18.1 Å². The third-order valence-electron chi connectivity index (χ3n) is 2.30. The summed E-state index contributed by atoms with van der Waals surface area (Å²) in [7, 11) is 0. The first-order chi connectivity index (χ1) is 7.13. The molecule has 1 unspecified atom stereocenters. The highest BCUT2D eigenvalue weighted by atomic mass is 16.3. The Kier molecular flexibility index (Phi) is 4.20. The zero-order chi connectivity index (χ0) is 11.3. The molecule has 2 N–H and O–H groups in total. The smallest absolute Gasteiger partial charge is 0.120 e. The van der Waals surface area contributed by atoms with E-state index in [2.05, 4.69) is 11.2 Å². The number of phenolic OH excluding ortho intramolecular Hbond substituents is 1. The van der Waals surface area contributed by atoms with Gasteiger partial charge in [-0.05, 0) is 19.9 Å². The van der Waals surface area contributed by atoms with Gasteiger partial charge >= 0.3 is 0 Å². The maximum Gasteiger partial charge on any atom is 0.120 e. The van der Waals surface area contributed by atoms with Crippen LogP contribution in [0.2, 0.25) is 0 Å². The minimum atomic E-state index is 0.273. The summed E-state index contributed by atoms with van der Waals surface area (Å²) in [5.74, 6) is 2.94. The molecular weight excluding hydrogens is 186 g/mol. The first-order valence-corrected chi connectivity index (χ1v) is 5.09. The zero-order valence-corrected chi connectivity index (χ0v) is 9.25. The quantitative estimate of drug-likeness (QED) is 0.735. The Balaban J connectivity index is 2.57. The van der Waals surface area contributed by atoms with Crippen molar-refractivity contribution in [3.63, 3.8) is 0 Å². The van der Waals surface area contributed by atoms with Crippen LogP contribution in [0.15, 0.2) is 18.2 Å². The highest BCUT2D eigenvalue weighted by Crippen LogP contribution is 2.17. The van der Waals surface area contributed by atoms with Crippen molar-refractivity contribution in [2.75, 3.05) is 0 Å². The van der Waals surface area contributed by atoms with E-state index in [-0.39, 0.29) is 6.04 Å². The second-order valence-electron chi connectivity index (χ2n) is 3.82. The van der Waals surface area contributed by atoms with Crippen LogP contribution in [-0.2, 0) is 6.54 Å². The number of hydrogen-bond donors (Lipinski definition) is 2. The van der Waals surface area contributed by atoms with Crippen molar-refractivity contribution in [1.29, 1.82) is 0 Å². The molecule has 0 saturated heterocycles. The maximum atomic E-state index is 9.60. The number of terminal acetylenes is 1. The fourth-order valence-corrected chi connectivity index (χ4v) is 1.39. The summed E-state index contributed by atoms with van der Waals surface area (Å²) in [6.07, 6.45) is 5.91. The molecule has 0 spiro atoms. The number of benzene rings is 1. The van der Waals surface area contributed by atoms with Crippen molar-refractivity contribution in [3.05, 3.63) is 29.3 Å². The summed E-state index contributed by atoms with van der Waals surface area (Å²) in [6.45, 7) is 4.69. The molecule has 1 aromatic carbocycles. The van der Waals surface area contributed by atoms with E-state index in [4.69, 9.17) is 6.42 Å². The van der Waals surface area contributed by atoms with Gasteiger partial charge in [0.05, 0.1) is 0 Å². The number of nitrogens with one attached hydrogen (secondary N) is 1. The second kappa shape index (κ2) is 5.43. The number of phenols is 1. The van der Waals surface area contributed by atoms with Crippen LogP contribution in [0, 0.1) is 19.3 Å². The molecule has 0 fully saturated rings. The summed E-state index contributed by atoms with van der Waals surface area (Å²) in [4.78, 5) is 0. The van der Waals surface area contributed by atoms with E-state index < -0.39 is 0 Å². The Labute approximate surface area is 91.3 Å². The lowest BCUT2D eigenvalue weighted by Crippen LogP contribution is -2.24. The van der Waals surface area contributed by atoms with Gasteiger partial charge in [0.1, 0.15) is 5.75 Å². The highest BCUT2D eigenvalue weighted by Gasteiger charge is 2.03. The molecular formula is C13H17NO. The molecule has 0 heterocycles. The Morgan fingerprint density at radius 1 is 1.53 bits per heavy atom. The van der Waals surface area contributed by atoms with Gasteiger partial charge in [-0.15, -0.1) is 12.3 Å². The first kappa shape index (κ1) is 11.6. The molecule has 80 valence electrons. The number of hydrogen-bond acceptors (Lipinski definition) is 2. The number of aryl methyl sites for hydroxylation is 1. The van der Waals surface area contributed by atoms with Crippen molar-refractivity contribution < 1.29 is 5.11 Å². The molecule has 0 aliphatic rings. The molecule has 0 aliphatic heterocycles. The molecule has 1 rings (SSSR count). The van der Waals surface area contributed by atoms with E-state index in [0.29, 0.717) is 18.7 Å². The molecule has 0 saturated carbocycles. The Bertz CT molecular complexity index is 365. The SMILES string of the molecule is C#CCC(C)NCc1cc(C)ccc1O. The third kappa shape index (κ3) is 3.65. The van der Waals surface area contributed by atoms with Gasteiger partial charge in [0.25, 0.3) is 0 Å². The van der Waals surface area contributed by atoms with Crippen molar-refractivity contribution in [2.24, 2.45) is 0 Å². The molecule has 0 bridgehead atoms. The fourth-order valence-electron chi connectivity index (χ4n) is 1.39. The van der Waals surface area contributed by atoms with Crippen LogP contribution in [0.25, 0.3) is 0 Å². The van der Waals surface area contributed by atoms with Crippen molar-refractivity contribution in [2.45, 2.75) is 32.9 Å². The second-order valence-corrected chi connectivity index (χ2v) is 3.82. The van der Waals surface area contributed by atoms with Crippen LogP contribution in [-0.4, -0.2) is 11.1 Å². The minimum Gasteiger partial charge on any atom is -0.508 e. The van der Waals surface area contributed by atoms with Gasteiger partial charge in [-0.1, -0.05) is 17.7 Å². The van der Waals surface area contributed by atoms with Crippen LogP contribution in [0.4, 0.5) is 0 Å². The average Bonchev–Trinajstić information content (AvgIpc) is 2.20. The molecule has 2 heteroatoms. The fraction of sp³-hybridized carbons (Fsp3) is 0.385. The van der Waals surface area contributed by atoms with Gasteiger partial charge in [-0.2, -0.15) is 0 Å². The molecule has 2 nitrogen and oxygen atoms in total. The number of aromatic hydroxyl groups is 1. The summed E-state index contributed by atoms with van der Waals surface area (Å²) < 4.78 is 0. The zero-order valence-electron chi connectivity index (χ0n) is 9.25. The highest BCUT2D eigenvalue weighted by molar-refractivity contribution is 5.35. The first-order valence-electron chi connectivity index (χ1n) is 5.09. The summed E-state index contributed by atoms with van der Waals surface area (Å²) in [6, 6.07) is 5.86. The van der Waals surface area contributed by atoms with Gasteiger partial charge in [0, 0.05) is 24.6 Å². The van der Waals surface area contributed by atoms with Crippen molar-refractivity contribution in [1.82, 2.24) is 5.32 Å². The van der Waals surface area contributed by atoms with Gasteiger partial charge in [-0.25, -0.2) is 0 Å². The van der Waals surface area contributed by atoms with Gasteiger partial charge in [-0.3, -0.25) is 0 Å². The lowest BCUT2D eigenvalue weighted by molar-refractivity contribution is 0.459. The van der Waals surface area contributed by atoms with Gasteiger partial charge in [0.2, 0.25) is 0 Å². The normalized spacial score (nSPS) is 12.1. The molecule has 15 heavy (non-hydrogen) atoms. The van der Waals surface area contributed by atoms with E-state index in [9.17, 15) is 5.11 Å². The average molecular weight is 203 g/mol. The van der Waals surface area contributed by atoms with E-state index in [1.54, 1.807) is 6.07 Å². The maximum absolute atomic E-state index is 9.60. The van der Waals surface area contributed by atoms with Crippen LogP contribution in [0.1, 0.15) is 24.5 Å². The van der Waals surface area contributed by atoms with Crippen LogP contribution in [0.5, 0.6) is 5.75 Å². The molecule has 0 radical (unpaired) electrons. The largest absolute Gasteiger partial charge is 0.508 e. The van der Waals surface area contributed by atoms with E-state index in [1.807, 2.05) is 26.0 Å². The standard InChI is InChI=1S/C13H17NO/c1-4-5-11(3)14-9-12-8-10(2)6-7-13(12)15/h1,6-8,11,14-15H,5,9H2,2-3H3. The third-order valence-corrected chi connectivity index (χ3v) is 2.30. The van der Waals surface area contributed by atoms with Gasteiger partial charge < -0.3 is 10.4 Å². The van der Waals surface area contributed by atoms with E-state index >= 15 is 0 Å².